The van der Waals surface area contributed by atoms with Gasteiger partial charge in [-0.3, -0.25) is 24.5 Å². The second kappa shape index (κ2) is 9.81. The summed E-state index contributed by atoms with van der Waals surface area (Å²) in [7, 11) is 0. The van der Waals surface area contributed by atoms with Crippen molar-refractivity contribution in [1.82, 2.24) is 0 Å². The van der Waals surface area contributed by atoms with Crippen molar-refractivity contribution in [2.24, 2.45) is 11.8 Å². The number of esters is 1. The van der Waals surface area contributed by atoms with E-state index in [-0.39, 0.29) is 28.4 Å². The molecule has 9 nitrogen and oxygen atoms in total. The van der Waals surface area contributed by atoms with Gasteiger partial charge in [-0.05, 0) is 34.4 Å². The molecule has 1 fully saturated rings. The first kappa shape index (κ1) is 26.9. The average Bonchev–Trinajstić information content (AvgIpc) is 3.30. The third-order valence-electron chi connectivity index (χ3n) is 8.59. The smallest absolute Gasteiger partial charge is 0.340 e. The Bertz CT molecular complexity index is 1860. The van der Waals surface area contributed by atoms with Gasteiger partial charge in [0.2, 0.25) is 17.6 Å². The molecule has 8 rings (SSSR count). The van der Waals surface area contributed by atoms with E-state index in [4.69, 9.17) is 4.74 Å². The number of Topliss-reactive ketones (excluding diaryl/α,β-unsaturated/α-hetero) is 1. The summed E-state index contributed by atoms with van der Waals surface area (Å²) in [6.45, 7) is -0.682. The Hall–Kier alpha value is -4.96. The highest BCUT2D eigenvalue weighted by Crippen LogP contribution is 2.66. The number of nitrogens with zero attached hydrogens (tertiary/aromatic N) is 2. The number of ether oxygens (including phenoxy) is 1. The summed E-state index contributed by atoms with van der Waals surface area (Å²) >= 11 is 3.96. The van der Waals surface area contributed by atoms with Crippen LogP contribution >= 0.6 is 15.9 Å². The number of carbonyl (C=O) groups is 4. The van der Waals surface area contributed by atoms with Crippen LogP contribution in [0.4, 0.5) is 11.4 Å². The Labute approximate surface area is 253 Å². The zero-order valence-corrected chi connectivity index (χ0v) is 23.9. The fourth-order valence-corrected chi connectivity index (χ4v) is 8.05. The van der Waals surface area contributed by atoms with E-state index in [9.17, 15) is 29.3 Å². The number of hydrogen-bond acceptors (Lipinski definition) is 7. The summed E-state index contributed by atoms with van der Waals surface area (Å²) in [5.74, 6) is -4.19. The molecule has 4 aromatic rings. The Morgan fingerprint density at radius 3 is 2.16 bits per heavy atom. The van der Waals surface area contributed by atoms with Crippen LogP contribution in [0.15, 0.2) is 97.1 Å². The number of non-ortho nitro benzene ring substituents is 1. The summed E-state index contributed by atoms with van der Waals surface area (Å²) in [6, 6.07) is 26.9. The van der Waals surface area contributed by atoms with Crippen molar-refractivity contribution in [1.29, 1.82) is 0 Å². The van der Waals surface area contributed by atoms with Crippen LogP contribution in [0, 0.1) is 22.0 Å². The standard InChI is InChI=1S/C33H21BrN2O7/c34-33-23-13-4-1-10-20(23)27(21-11-2-5-14-24(21)33)28-29(33)31(39)35(30(28)38)25-15-6-3-12-22(25)32(40)43-17-26(37)18-8-7-9-19(16-18)36(41)42/h1-16,27-29H,17H2/t27?,28-,29+,33?/m0/s1. The minimum Gasteiger partial charge on any atom is -0.454 e. The SMILES string of the molecule is O=C(COC(=O)c1ccccc1N1C(=O)[C@H]2C3c4ccccc4C(Br)(c4ccccc43)[C@H]2C1=O)c1cccc([N+](=O)[O-])c1. The van der Waals surface area contributed by atoms with Gasteiger partial charge in [0.25, 0.3) is 5.69 Å². The second-order valence-corrected chi connectivity index (χ2v) is 12.0. The van der Waals surface area contributed by atoms with Crippen LogP contribution in [0.2, 0.25) is 0 Å². The lowest BCUT2D eigenvalue weighted by Crippen LogP contribution is -2.50. The highest BCUT2D eigenvalue weighted by atomic mass is 79.9. The van der Waals surface area contributed by atoms with Gasteiger partial charge in [0.15, 0.2) is 6.61 Å². The molecule has 4 aliphatic rings. The molecular weight excluding hydrogens is 616 g/mol. The highest BCUT2D eigenvalue weighted by molar-refractivity contribution is 9.09. The monoisotopic (exact) mass is 636 g/mol. The molecule has 43 heavy (non-hydrogen) atoms. The number of anilines is 1. The van der Waals surface area contributed by atoms with Gasteiger partial charge >= 0.3 is 5.97 Å². The van der Waals surface area contributed by atoms with Gasteiger partial charge in [-0.25, -0.2) is 9.69 Å². The number of imide groups is 1. The summed E-state index contributed by atoms with van der Waals surface area (Å²) in [6.07, 6.45) is 0. The van der Waals surface area contributed by atoms with Gasteiger partial charge in [0, 0.05) is 23.6 Å². The second-order valence-electron chi connectivity index (χ2n) is 10.7. The van der Waals surface area contributed by atoms with E-state index in [0.717, 1.165) is 33.2 Å². The third kappa shape index (κ3) is 3.82. The molecular formula is C33H21BrN2O7. The van der Waals surface area contributed by atoms with Crippen molar-refractivity contribution in [3.05, 3.63) is 141 Å². The van der Waals surface area contributed by atoms with Gasteiger partial charge in [-0.2, -0.15) is 0 Å². The van der Waals surface area contributed by atoms with Crippen LogP contribution in [0.25, 0.3) is 0 Å². The maximum Gasteiger partial charge on any atom is 0.340 e. The lowest BCUT2D eigenvalue weighted by atomic mass is 9.55. The molecule has 0 aromatic heterocycles. The Kier molecular flexibility index (Phi) is 6.14. The first-order valence-corrected chi connectivity index (χ1v) is 14.3. The molecule has 0 radical (unpaired) electrons. The predicted molar refractivity (Wildman–Crippen MR) is 158 cm³/mol. The summed E-state index contributed by atoms with van der Waals surface area (Å²) in [5.41, 5.74) is 3.61. The van der Waals surface area contributed by atoms with E-state index in [1.54, 1.807) is 12.1 Å². The molecule has 1 aliphatic heterocycles. The van der Waals surface area contributed by atoms with Crippen LogP contribution in [-0.2, 0) is 18.7 Å². The van der Waals surface area contributed by atoms with Gasteiger partial charge in [0.05, 0.1) is 32.3 Å². The number of carbonyl (C=O) groups excluding carboxylic acids is 4. The number of hydrogen-bond donors (Lipinski definition) is 0. The molecule has 1 heterocycles. The van der Waals surface area contributed by atoms with E-state index in [2.05, 4.69) is 15.9 Å². The fourth-order valence-electron chi connectivity index (χ4n) is 6.84. The number of ketones is 1. The van der Waals surface area contributed by atoms with Crippen LogP contribution < -0.4 is 4.90 Å². The van der Waals surface area contributed by atoms with Gasteiger partial charge in [0.1, 0.15) is 0 Å². The molecule has 0 spiro atoms. The predicted octanol–water partition coefficient (Wildman–Crippen LogP) is 5.54. The van der Waals surface area contributed by atoms with E-state index in [1.807, 2.05) is 48.5 Å². The number of nitro benzene ring substituents is 1. The summed E-state index contributed by atoms with van der Waals surface area (Å²) in [5, 5.41) is 11.1. The first-order chi connectivity index (χ1) is 20.7. The number of alkyl halides is 1. The highest BCUT2D eigenvalue weighted by Gasteiger charge is 2.67. The zero-order valence-electron chi connectivity index (χ0n) is 22.3. The van der Waals surface area contributed by atoms with Crippen LogP contribution in [0.3, 0.4) is 0 Å². The molecule has 1 saturated heterocycles. The molecule has 4 aromatic carbocycles. The van der Waals surface area contributed by atoms with Crippen molar-refractivity contribution < 1.29 is 28.8 Å². The van der Waals surface area contributed by atoms with Crippen LogP contribution in [-0.4, -0.2) is 35.1 Å². The van der Waals surface area contributed by atoms with Gasteiger partial charge in [-0.1, -0.05) is 88.7 Å². The number of amides is 2. The van der Waals surface area contributed by atoms with Crippen molar-refractivity contribution in [3.63, 3.8) is 0 Å². The lowest BCUT2D eigenvalue weighted by Gasteiger charge is -2.51. The van der Waals surface area contributed by atoms with Gasteiger partial charge in [-0.15, -0.1) is 0 Å². The maximum atomic E-state index is 14.3. The molecule has 0 N–H and O–H groups in total. The van der Waals surface area contributed by atoms with Crippen molar-refractivity contribution in [2.75, 3.05) is 11.5 Å². The van der Waals surface area contributed by atoms with Crippen LogP contribution in [0.1, 0.15) is 48.9 Å². The topological polar surface area (TPSA) is 124 Å². The molecule has 10 heteroatoms. The molecule has 212 valence electrons. The number of para-hydroxylation sites is 1. The van der Waals surface area contributed by atoms with E-state index < -0.39 is 51.3 Å². The molecule has 2 bridgehead atoms. The number of nitro groups is 1. The zero-order chi connectivity index (χ0) is 30.0. The number of benzene rings is 4. The maximum absolute atomic E-state index is 14.3. The van der Waals surface area contributed by atoms with Gasteiger partial charge < -0.3 is 4.74 Å². The Morgan fingerprint density at radius 1 is 0.860 bits per heavy atom. The third-order valence-corrected chi connectivity index (χ3v) is 9.94. The van der Waals surface area contributed by atoms with E-state index in [0.29, 0.717) is 0 Å². The largest absolute Gasteiger partial charge is 0.454 e. The number of rotatable bonds is 6. The quantitative estimate of drug-likeness (QED) is 0.0680. The average molecular weight is 637 g/mol. The normalized spacial score (nSPS) is 22.9. The first-order valence-electron chi connectivity index (χ1n) is 13.5. The fraction of sp³-hybridized carbons (Fsp3) is 0.152. The molecule has 2 atom stereocenters. The van der Waals surface area contributed by atoms with E-state index in [1.165, 1.54) is 30.3 Å². The van der Waals surface area contributed by atoms with Crippen LogP contribution in [0.5, 0.6) is 0 Å². The Morgan fingerprint density at radius 2 is 1.49 bits per heavy atom. The summed E-state index contributed by atoms with van der Waals surface area (Å²) < 4.78 is 4.35. The Balaban J connectivity index is 1.22. The summed E-state index contributed by atoms with van der Waals surface area (Å²) in [4.78, 5) is 66.0. The molecule has 0 unspecified atom stereocenters. The van der Waals surface area contributed by atoms with Crippen molar-refractivity contribution >= 4 is 50.9 Å². The van der Waals surface area contributed by atoms with E-state index >= 15 is 0 Å². The van der Waals surface area contributed by atoms with Crippen molar-refractivity contribution in [3.8, 4) is 0 Å². The number of halogens is 1. The lowest BCUT2D eigenvalue weighted by molar-refractivity contribution is -0.384. The molecule has 2 amide bonds. The molecule has 0 saturated carbocycles. The minimum atomic E-state index is -0.943. The molecule has 3 aliphatic carbocycles. The van der Waals surface area contributed by atoms with Crippen molar-refractivity contribution in [2.45, 2.75) is 10.2 Å². The minimum absolute atomic E-state index is 0.0153.